The molecule has 0 atom stereocenters. The third-order valence-corrected chi connectivity index (χ3v) is 6.15. The van der Waals surface area contributed by atoms with Crippen LogP contribution in [-0.2, 0) is 16.1 Å². The van der Waals surface area contributed by atoms with Gasteiger partial charge in [-0.25, -0.2) is 0 Å². The SMILES string of the molecule is Cc1cccc(NC(=O)COc2ccc(/C=C3/SC(=O)N(Cc4ccccc4[N+](=O)[O-])C3=O)cc2)c1. The van der Waals surface area contributed by atoms with Crippen LogP contribution in [0.25, 0.3) is 6.08 Å². The van der Waals surface area contributed by atoms with E-state index >= 15 is 0 Å². The number of amides is 3. The number of ether oxygens (including phenoxy) is 1. The molecular formula is C26H21N3O6S. The number of nitro groups is 1. The van der Waals surface area contributed by atoms with Gasteiger partial charge in [0.05, 0.1) is 16.4 Å². The van der Waals surface area contributed by atoms with E-state index in [1.54, 1.807) is 42.5 Å². The molecule has 1 aliphatic heterocycles. The van der Waals surface area contributed by atoms with Crippen LogP contribution in [-0.4, -0.2) is 33.5 Å². The van der Waals surface area contributed by atoms with Crippen molar-refractivity contribution >= 4 is 46.3 Å². The molecule has 4 rings (SSSR count). The minimum Gasteiger partial charge on any atom is -0.484 e. The number of nitrogens with one attached hydrogen (secondary N) is 1. The molecule has 0 bridgehead atoms. The summed E-state index contributed by atoms with van der Waals surface area (Å²) in [5, 5.41) is 13.5. The van der Waals surface area contributed by atoms with Crippen molar-refractivity contribution in [3.63, 3.8) is 0 Å². The molecule has 10 heteroatoms. The van der Waals surface area contributed by atoms with Crippen LogP contribution in [0.4, 0.5) is 16.2 Å². The van der Waals surface area contributed by atoms with Gasteiger partial charge in [-0.2, -0.15) is 0 Å². The van der Waals surface area contributed by atoms with Crippen molar-refractivity contribution in [2.75, 3.05) is 11.9 Å². The molecule has 36 heavy (non-hydrogen) atoms. The van der Waals surface area contributed by atoms with Gasteiger partial charge >= 0.3 is 0 Å². The van der Waals surface area contributed by atoms with E-state index in [1.165, 1.54) is 18.2 Å². The number of imide groups is 1. The maximum absolute atomic E-state index is 12.8. The van der Waals surface area contributed by atoms with Gasteiger partial charge in [0, 0.05) is 17.3 Å². The second kappa shape index (κ2) is 10.9. The molecule has 3 aromatic rings. The number of benzene rings is 3. The highest BCUT2D eigenvalue weighted by molar-refractivity contribution is 8.18. The summed E-state index contributed by atoms with van der Waals surface area (Å²) in [5.41, 5.74) is 2.50. The zero-order valence-electron chi connectivity index (χ0n) is 19.2. The topological polar surface area (TPSA) is 119 Å². The average molecular weight is 504 g/mol. The Kier molecular flexibility index (Phi) is 7.45. The molecule has 0 saturated carbocycles. The monoisotopic (exact) mass is 503 g/mol. The number of nitrogens with zero attached hydrogens (tertiary/aromatic N) is 2. The molecule has 182 valence electrons. The van der Waals surface area contributed by atoms with Crippen LogP contribution >= 0.6 is 11.8 Å². The summed E-state index contributed by atoms with van der Waals surface area (Å²) in [7, 11) is 0. The lowest BCUT2D eigenvalue weighted by molar-refractivity contribution is -0.385. The number of carbonyl (C=O) groups is 3. The van der Waals surface area contributed by atoms with Gasteiger partial charge in [-0.1, -0.05) is 42.5 Å². The number of rotatable bonds is 8. The van der Waals surface area contributed by atoms with Gasteiger partial charge in [0.2, 0.25) is 0 Å². The van der Waals surface area contributed by atoms with Crippen molar-refractivity contribution < 1.29 is 24.0 Å². The van der Waals surface area contributed by atoms with E-state index in [-0.39, 0.29) is 35.2 Å². The zero-order chi connectivity index (χ0) is 25.7. The Labute approximate surface area is 210 Å². The first-order valence-electron chi connectivity index (χ1n) is 10.9. The Bertz CT molecular complexity index is 1370. The van der Waals surface area contributed by atoms with Gasteiger partial charge in [0.15, 0.2) is 6.61 Å². The number of para-hydroxylation sites is 1. The number of anilines is 1. The van der Waals surface area contributed by atoms with E-state index < -0.39 is 16.1 Å². The van der Waals surface area contributed by atoms with Gasteiger partial charge in [-0.05, 0) is 60.2 Å². The molecule has 0 spiro atoms. The molecule has 1 aliphatic rings. The molecule has 1 saturated heterocycles. The molecular weight excluding hydrogens is 482 g/mol. The highest BCUT2D eigenvalue weighted by Crippen LogP contribution is 2.34. The highest BCUT2D eigenvalue weighted by Gasteiger charge is 2.36. The van der Waals surface area contributed by atoms with E-state index in [0.29, 0.717) is 17.0 Å². The van der Waals surface area contributed by atoms with Gasteiger partial charge in [0.25, 0.3) is 22.7 Å². The summed E-state index contributed by atoms with van der Waals surface area (Å²) >= 11 is 0.775. The van der Waals surface area contributed by atoms with Crippen LogP contribution in [0.15, 0.2) is 77.7 Å². The molecule has 9 nitrogen and oxygen atoms in total. The van der Waals surface area contributed by atoms with Crippen molar-refractivity contribution in [1.29, 1.82) is 0 Å². The van der Waals surface area contributed by atoms with Gasteiger partial charge in [-0.15, -0.1) is 0 Å². The first-order chi connectivity index (χ1) is 17.3. The van der Waals surface area contributed by atoms with Crippen LogP contribution < -0.4 is 10.1 Å². The summed E-state index contributed by atoms with van der Waals surface area (Å²) in [4.78, 5) is 49.2. The number of hydrogen-bond acceptors (Lipinski definition) is 7. The van der Waals surface area contributed by atoms with Gasteiger partial charge in [-0.3, -0.25) is 29.4 Å². The van der Waals surface area contributed by atoms with Gasteiger partial charge < -0.3 is 10.1 Å². The fraction of sp³-hybridized carbons (Fsp3) is 0.115. The number of carbonyl (C=O) groups excluding carboxylic acids is 3. The van der Waals surface area contributed by atoms with Crippen LogP contribution in [0, 0.1) is 17.0 Å². The summed E-state index contributed by atoms with van der Waals surface area (Å²) in [6.45, 7) is 1.58. The van der Waals surface area contributed by atoms with Crippen LogP contribution in [0.1, 0.15) is 16.7 Å². The number of aryl methyl sites for hydroxylation is 1. The zero-order valence-corrected chi connectivity index (χ0v) is 20.0. The van der Waals surface area contributed by atoms with E-state index in [0.717, 1.165) is 22.2 Å². The lowest BCUT2D eigenvalue weighted by Crippen LogP contribution is -2.27. The number of nitro benzene ring substituents is 1. The minimum absolute atomic E-state index is 0.149. The highest BCUT2D eigenvalue weighted by atomic mass is 32.2. The van der Waals surface area contributed by atoms with Gasteiger partial charge in [0.1, 0.15) is 5.75 Å². The van der Waals surface area contributed by atoms with Crippen molar-refractivity contribution in [1.82, 2.24) is 4.90 Å². The molecule has 3 amide bonds. The van der Waals surface area contributed by atoms with Crippen LogP contribution in [0.3, 0.4) is 0 Å². The number of thioether (sulfide) groups is 1. The quantitative estimate of drug-likeness (QED) is 0.256. The maximum atomic E-state index is 12.8. The molecule has 0 radical (unpaired) electrons. The summed E-state index contributed by atoms with van der Waals surface area (Å²) < 4.78 is 5.53. The van der Waals surface area contributed by atoms with E-state index in [2.05, 4.69) is 5.32 Å². The van der Waals surface area contributed by atoms with E-state index in [4.69, 9.17) is 4.74 Å². The third kappa shape index (κ3) is 5.97. The lowest BCUT2D eigenvalue weighted by Gasteiger charge is -2.12. The first-order valence-corrected chi connectivity index (χ1v) is 11.7. The van der Waals surface area contributed by atoms with Crippen LogP contribution in [0.2, 0.25) is 0 Å². The molecule has 3 aromatic carbocycles. The lowest BCUT2D eigenvalue weighted by atomic mass is 10.1. The van der Waals surface area contributed by atoms with Crippen molar-refractivity contribution in [3.8, 4) is 5.75 Å². The summed E-state index contributed by atoms with van der Waals surface area (Å²) in [6, 6.07) is 20.1. The van der Waals surface area contributed by atoms with Crippen molar-refractivity contribution in [2.45, 2.75) is 13.5 Å². The Hall–Kier alpha value is -4.44. The van der Waals surface area contributed by atoms with E-state index in [9.17, 15) is 24.5 Å². The minimum atomic E-state index is -0.542. The predicted octanol–water partition coefficient (Wildman–Crippen LogP) is 5.16. The van der Waals surface area contributed by atoms with E-state index in [1.807, 2.05) is 25.1 Å². The standard InChI is InChI=1S/C26H21N3O6S/c1-17-5-4-7-20(13-17)27-24(30)16-35-21-11-9-18(10-12-21)14-23-25(31)28(26(32)36-23)15-19-6-2-3-8-22(19)29(33)34/h2-14H,15-16H2,1H3,(H,27,30)/b23-14+. The summed E-state index contributed by atoms with van der Waals surface area (Å²) in [5.74, 6) is -0.343. The summed E-state index contributed by atoms with van der Waals surface area (Å²) in [6.07, 6.45) is 1.57. The third-order valence-electron chi connectivity index (χ3n) is 5.24. The smallest absolute Gasteiger partial charge is 0.293 e. The molecule has 0 aromatic heterocycles. The molecule has 1 N–H and O–H groups in total. The average Bonchev–Trinajstić information content (AvgIpc) is 3.11. The fourth-order valence-corrected chi connectivity index (χ4v) is 4.35. The Morgan fingerprint density at radius 3 is 2.56 bits per heavy atom. The Morgan fingerprint density at radius 2 is 1.83 bits per heavy atom. The van der Waals surface area contributed by atoms with Crippen molar-refractivity contribution in [3.05, 3.63) is 105 Å². The fourth-order valence-electron chi connectivity index (χ4n) is 3.51. The second-order valence-electron chi connectivity index (χ2n) is 7.93. The molecule has 1 heterocycles. The molecule has 0 aliphatic carbocycles. The second-order valence-corrected chi connectivity index (χ2v) is 8.92. The first kappa shape index (κ1) is 24.7. The predicted molar refractivity (Wildman–Crippen MR) is 136 cm³/mol. The molecule has 1 fully saturated rings. The maximum Gasteiger partial charge on any atom is 0.293 e. The normalized spacial score (nSPS) is 14.2. The largest absolute Gasteiger partial charge is 0.484 e. The van der Waals surface area contributed by atoms with Crippen molar-refractivity contribution in [2.24, 2.45) is 0 Å². The molecule has 0 unspecified atom stereocenters. The Morgan fingerprint density at radius 1 is 1.08 bits per heavy atom. The van der Waals surface area contributed by atoms with Crippen LogP contribution in [0.5, 0.6) is 5.75 Å². The Balaban J connectivity index is 1.37. The number of hydrogen-bond donors (Lipinski definition) is 1.